The molecule has 5 N–H and O–H groups in total. The zero-order valence-corrected chi connectivity index (χ0v) is 19.6. The van der Waals surface area contributed by atoms with Crippen molar-refractivity contribution in [1.82, 2.24) is 20.2 Å². The molecule has 33 heavy (non-hydrogen) atoms. The maximum absolute atomic E-state index is 12.2. The second-order valence-corrected chi connectivity index (χ2v) is 8.91. The zero-order valence-electron chi connectivity index (χ0n) is 17.5. The first-order chi connectivity index (χ1) is 16.1. The predicted molar refractivity (Wildman–Crippen MR) is 137 cm³/mol. The maximum atomic E-state index is 12.2. The number of rotatable bonds is 7. The minimum atomic E-state index is -0.303. The molecule has 0 bridgehead atoms. The lowest BCUT2D eigenvalue weighted by molar-refractivity contribution is 0.262. The fourth-order valence-corrected chi connectivity index (χ4v) is 3.58. The van der Waals surface area contributed by atoms with Crippen molar-refractivity contribution in [3.05, 3.63) is 76.1 Å². The lowest BCUT2D eigenvalue weighted by Gasteiger charge is -2.10. The van der Waals surface area contributed by atoms with Crippen LogP contribution in [0.1, 0.15) is 24.5 Å². The number of anilines is 6. The van der Waals surface area contributed by atoms with E-state index in [-0.39, 0.29) is 6.03 Å². The number of amides is 2. The van der Waals surface area contributed by atoms with Crippen LogP contribution in [-0.2, 0) is 0 Å². The van der Waals surface area contributed by atoms with E-state index in [0.717, 1.165) is 26.5 Å². The maximum Gasteiger partial charge on any atom is 0.323 e. The van der Waals surface area contributed by atoms with Crippen molar-refractivity contribution in [1.29, 1.82) is 0 Å². The summed E-state index contributed by atoms with van der Waals surface area (Å²) >= 11 is 2.22. The van der Waals surface area contributed by atoms with Crippen LogP contribution in [0.2, 0.25) is 0 Å². The number of hydrogen-bond donors (Lipinski definition) is 5. The topological polar surface area (TPSA) is 120 Å². The van der Waals surface area contributed by atoms with Crippen molar-refractivity contribution in [2.75, 3.05) is 21.3 Å². The molecular formula is C23H21IN8O. The third-order valence-corrected chi connectivity index (χ3v) is 5.75. The normalized spacial score (nSPS) is 12.8. The van der Waals surface area contributed by atoms with Gasteiger partial charge in [0.05, 0.1) is 0 Å². The molecule has 4 aromatic rings. The highest BCUT2D eigenvalue weighted by atomic mass is 127. The summed E-state index contributed by atoms with van der Waals surface area (Å²) in [5, 5.41) is 19.4. The van der Waals surface area contributed by atoms with Crippen molar-refractivity contribution < 1.29 is 4.79 Å². The third-order valence-electron chi connectivity index (χ3n) is 5.03. The summed E-state index contributed by atoms with van der Waals surface area (Å²) in [4.78, 5) is 21.0. The van der Waals surface area contributed by atoms with E-state index in [1.54, 1.807) is 24.4 Å². The van der Waals surface area contributed by atoms with Crippen LogP contribution in [0, 0.1) is 3.57 Å². The van der Waals surface area contributed by atoms with Crippen molar-refractivity contribution in [3.8, 4) is 0 Å². The largest absolute Gasteiger partial charge is 0.324 e. The summed E-state index contributed by atoms with van der Waals surface area (Å²) in [7, 11) is 0. The fraction of sp³-hybridized carbons (Fsp3) is 0.130. The lowest BCUT2D eigenvalue weighted by atomic mass is 10.3. The highest BCUT2D eigenvalue weighted by Crippen LogP contribution is 2.39. The molecule has 9 nitrogen and oxygen atoms in total. The number of urea groups is 1. The first kappa shape index (κ1) is 21.2. The lowest BCUT2D eigenvalue weighted by Crippen LogP contribution is -2.19. The number of carbonyl (C=O) groups is 1. The van der Waals surface area contributed by atoms with Crippen LogP contribution in [0.4, 0.5) is 39.4 Å². The molecule has 0 aliphatic heterocycles. The van der Waals surface area contributed by atoms with Crippen LogP contribution in [0.5, 0.6) is 0 Å². The molecule has 2 aromatic carbocycles. The van der Waals surface area contributed by atoms with Crippen LogP contribution < -0.4 is 21.3 Å². The van der Waals surface area contributed by atoms with E-state index in [9.17, 15) is 4.79 Å². The fourth-order valence-electron chi connectivity index (χ4n) is 3.22. The SMILES string of the molecule is O=C(Nc1ccc(I)cc1)Nc1ccc(Nc2nccc(Nc3cc(C4CC4)[nH]n3)n2)cc1. The minimum Gasteiger partial charge on any atom is -0.324 e. The van der Waals surface area contributed by atoms with Gasteiger partial charge in [-0.15, -0.1) is 0 Å². The summed E-state index contributed by atoms with van der Waals surface area (Å²) in [6, 6.07) is 18.4. The first-order valence-corrected chi connectivity index (χ1v) is 11.5. The standard InChI is InChI=1S/C23H21IN8O/c24-15-3-5-17(6-4-15)27-23(33)28-18-9-7-16(8-10-18)26-22-25-12-11-20(30-22)29-21-13-19(31-32-21)14-1-2-14/h3-14H,1-2H2,(H2,27,28,33)(H3,25,26,29,30,31,32). The van der Waals surface area contributed by atoms with Gasteiger partial charge in [0, 0.05) is 44.5 Å². The summed E-state index contributed by atoms with van der Waals surface area (Å²) in [6.07, 6.45) is 4.11. The molecule has 1 aliphatic carbocycles. The molecule has 1 saturated carbocycles. The molecule has 166 valence electrons. The highest BCUT2D eigenvalue weighted by molar-refractivity contribution is 14.1. The highest BCUT2D eigenvalue weighted by Gasteiger charge is 2.25. The van der Waals surface area contributed by atoms with E-state index in [2.05, 4.69) is 64.0 Å². The Hall–Kier alpha value is -3.67. The number of benzene rings is 2. The number of carbonyl (C=O) groups excluding carboxylic acids is 1. The number of nitrogens with zero attached hydrogens (tertiary/aromatic N) is 3. The average molecular weight is 552 g/mol. The summed E-state index contributed by atoms with van der Waals surface area (Å²) in [6.45, 7) is 0. The minimum absolute atomic E-state index is 0.303. The summed E-state index contributed by atoms with van der Waals surface area (Å²) < 4.78 is 1.11. The van der Waals surface area contributed by atoms with Gasteiger partial charge in [-0.3, -0.25) is 5.10 Å². The molecule has 0 radical (unpaired) electrons. The van der Waals surface area contributed by atoms with Gasteiger partial charge in [-0.25, -0.2) is 9.78 Å². The van der Waals surface area contributed by atoms with Gasteiger partial charge in [-0.2, -0.15) is 10.1 Å². The van der Waals surface area contributed by atoms with Crippen LogP contribution in [0.25, 0.3) is 0 Å². The van der Waals surface area contributed by atoms with E-state index in [0.29, 0.717) is 23.4 Å². The molecule has 5 rings (SSSR count). The molecule has 0 unspecified atom stereocenters. The van der Waals surface area contributed by atoms with Gasteiger partial charge < -0.3 is 21.3 Å². The number of H-pyrrole nitrogens is 1. The van der Waals surface area contributed by atoms with Crippen LogP contribution in [0.15, 0.2) is 66.9 Å². The second kappa shape index (κ2) is 9.45. The van der Waals surface area contributed by atoms with E-state index < -0.39 is 0 Å². The van der Waals surface area contributed by atoms with E-state index in [4.69, 9.17) is 0 Å². The van der Waals surface area contributed by atoms with Gasteiger partial charge in [-0.1, -0.05) is 0 Å². The molecular weight excluding hydrogens is 531 g/mol. The van der Waals surface area contributed by atoms with Gasteiger partial charge in [-0.05, 0) is 90.0 Å². The quantitative estimate of drug-likeness (QED) is 0.185. The molecule has 2 heterocycles. The van der Waals surface area contributed by atoms with Crippen molar-refractivity contribution >= 4 is 63.3 Å². The first-order valence-electron chi connectivity index (χ1n) is 10.5. The number of aromatic amines is 1. The molecule has 0 atom stereocenters. The van der Waals surface area contributed by atoms with Gasteiger partial charge in [0.25, 0.3) is 0 Å². The summed E-state index contributed by atoms with van der Waals surface area (Å²) in [5.41, 5.74) is 3.36. The predicted octanol–water partition coefficient (Wildman–Crippen LogP) is 5.81. The Kier molecular flexibility index (Phi) is 6.07. The Morgan fingerprint density at radius 3 is 2.24 bits per heavy atom. The monoisotopic (exact) mass is 552 g/mol. The molecule has 1 aliphatic rings. The Bertz CT molecular complexity index is 1250. The Balaban J connectivity index is 1.17. The van der Waals surface area contributed by atoms with Crippen LogP contribution in [-0.4, -0.2) is 26.2 Å². The van der Waals surface area contributed by atoms with Gasteiger partial charge >= 0.3 is 6.03 Å². The molecule has 2 amide bonds. The molecule has 10 heteroatoms. The van der Waals surface area contributed by atoms with Crippen molar-refractivity contribution in [2.45, 2.75) is 18.8 Å². The number of aromatic nitrogens is 4. The number of hydrogen-bond acceptors (Lipinski definition) is 6. The number of nitrogens with one attached hydrogen (secondary N) is 5. The van der Waals surface area contributed by atoms with E-state index in [1.807, 2.05) is 42.5 Å². The molecule has 2 aromatic heterocycles. The second-order valence-electron chi connectivity index (χ2n) is 7.66. The average Bonchev–Trinajstić information content (AvgIpc) is 3.56. The Morgan fingerprint density at radius 1 is 0.879 bits per heavy atom. The van der Waals surface area contributed by atoms with Crippen molar-refractivity contribution in [3.63, 3.8) is 0 Å². The molecule has 1 fully saturated rings. The van der Waals surface area contributed by atoms with Gasteiger partial charge in [0.15, 0.2) is 5.82 Å². The molecule has 0 saturated heterocycles. The third kappa shape index (κ3) is 5.77. The van der Waals surface area contributed by atoms with Crippen LogP contribution >= 0.6 is 22.6 Å². The van der Waals surface area contributed by atoms with E-state index in [1.165, 1.54) is 12.8 Å². The zero-order chi connectivity index (χ0) is 22.6. The van der Waals surface area contributed by atoms with Gasteiger partial charge in [0.1, 0.15) is 5.82 Å². The van der Waals surface area contributed by atoms with E-state index >= 15 is 0 Å². The molecule has 0 spiro atoms. The number of halogens is 1. The Morgan fingerprint density at radius 2 is 1.55 bits per heavy atom. The summed E-state index contributed by atoms with van der Waals surface area (Å²) in [5.74, 6) is 2.45. The Labute approximate surface area is 204 Å². The van der Waals surface area contributed by atoms with Crippen molar-refractivity contribution in [2.24, 2.45) is 0 Å². The van der Waals surface area contributed by atoms with Gasteiger partial charge in [0.2, 0.25) is 5.95 Å². The smallest absolute Gasteiger partial charge is 0.323 e. The van der Waals surface area contributed by atoms with Crippen LogP contribution in [0.3, 0.4) is 0 Å².